The van der Waals surface area contributed by atoms with Gasteiger partial charge in [0.1, 0.15) is 6.04 Å². The minimum Gasteiger partial charge on any atom is -0.480 e. The first-order valence-electron chi connectivity index (χ1n) is 6.30. The lowest BCUT2D eigenvalue weighted by atomic mass is 10.2. The topological polar surface area (TPSA) is 109 Å². The molecule has 0 spiro atoms. The Bertz CT molecular complexity index is 560. The van der Waals surface area contributed by atoms with Crippen molar-refractivity contribution in [2.24, 2.45) is 5.73 Å². The molecule has 0 aliphatic rings. The number of thioether (sulfide) groups is 1. The molecule has 0 heterocycles. The van der Waals surface area contributed by atoms with E-state index in [9.17, 15) is 14.4 Å². The summed E-state index contributed by atoms with van der Waals surface area (Å²) in [5.41, 5.74) is 7.08. The SMILES string of the molecule is Cc1ccc(C)c(SCC(=O)N[C@H](CC(N)=O)C(=O)O)c1. The Morgan fingerprint density at radius 1 is 1.33 bits per heavy atom. The van der Waals surface area contributed by atoms with Crippen LogP contribution in [-0.4, -0.2) is 34.7 Å². The molecule has 0 saturated carbocycles. The number of primary amides is 1. The second-order valence-electron chi connectivity index (χ2n) is 4.69. The Labute approximate surface area is 127 Å². The van der Waals surface area contributed by atoms with Crippen molar-refractivity contribution in [3.05, 3.63) is 29.3 Å². The van der Waals surface area contributed by atoms with Gasteiger partial charge in [-0.3, -0.25) is 9.59 Å². The second kappa shape index (κ2) is 7.68. The zero-order valence-corrected chi connectivity index (χ0v) is 12.7. The zero-order chi connectivity index (χ0) is 16.0. The highest BCUT2D eigenvalue weighted by Gasteiger charge is 2.22. The molecule has 0 fully saturated rings. The van der Waals surface area contributed by atoms with Crippen molar-refractivity contribution in [2.75, 3.05) is 5.75 Å². The van der Waals surface area contributed by atoms with E-state index in [0.29, 0.717) is 0 Å². The molecule has 6 nitrogen and oxygen atoms in total. The average molecular weight is 310 g/mol. The molecule has 114 valence electrons. The highest BCUT2D eigenvalue weighted by Crippen LogP contribution is 2.23. The number of rotatable bonds is 7. The molecule has 0 aliphatic heterocycles. The molecule has 7 heteroatoms. The van der Waals surface area contributed by atoms with Gasteiger partial charge in [-0.05, 0) is 25.5 Å². The number of aryl methyl sites for hydroxylation is 2. The molecule has 0 aliphatic carbocycles. The molecule has 1 aromatic carbocycles. The van der Waals surface area contributed by atoms with Crippen LogP contribution in [-0.2, 0) is 14.4 Å². The van der Waals surface area contributed by atoms with E-state index in [2.05, 4.69) is 5.32 Å². The third-order valence-corrected chi connectivity index (χ3v) is 3.90. The van der Waals surface area contributed by atoms with Crippen LogP contribution in [0.2, 0.25) is 0 Å². The summed E-state index contributed by atoms with van der Waals surface area (Å²) in [6, 6.07) is 4.62. The average Bonchev–Trinajstić information content (AvgIpc) is 2.38. The Hall–Kier alpha value is -2.02. The molecular formula is C14H18N2O4S. The summed E-state index contributed by atoms with van der Waals surface area (Å²) < 4.78 is 0. The fourth-order valence-electron chi connectivity index (χ4n) is 1.64. The summed E-state index contributed by atoms with van der Waals surface area (Å²) in [6.07, 6.45) is -0.421. The van der Waals surface area contributed by atoms with Crippen LogP contribution in [0.4, 0.5) is 0 Å². The number of benzene rings is 1. The molecule has 2 amide bonds. The molecular weight excluding hydrogens is 292 g/mol. The maximum atomic E-state index is 11.8. The van der Waals surface area contributed by atoms with Crippen LogP contribution in [0, 0.1) is 13.8 Å². The summed E-state index contributed by atoms with van der Waals surface area (Å²) in [5.74, 6) is -2.43. The molecule has 0 unspecified atom stereocenters. The molecule has 0 saturated heterocycles. The molecule has 1 atom stereocenters. The van der Waals surface area contributed by atoms with E-state index >= 15 is 0 Å². The van der Waals surface area contributed by atoms with Crippen LogP contribution in [0.3, 0.4) is 0 Å². The van der Waals surface area contributed by atoms with Gasteiger partial charge in [0.25, 0.3) is 0 Å². The lowest BCUT2D eigenvalue weighted by Gasteiger charge is -2.13. The highest BCUT2D eigenvalue weighted by molar-refractivity contribution is 8.00. The van der Waals surface area contributed by atoms with E-state index in [0.717, 1.165) is 16.0 Å². The summed E-state index contributed by atoms with van der Waals surface area (Å²) in [6.45, 7) is 3.89. The fraction of sp³-hybridized carbons (Fsp3) is 0.357. The Balaban J connectivity index is 2.58. The Morgan fingerprint density at radius 2 is 2.00 bits per heavy atom. The van der Waals surface area contributed by atoms with E-state index in [4.69, 9.17) is 10.8 Å². The van der Waals surface area contributed by atoms with Gasteiger partial charge in [0.2, 0.25) is 11.8 Å². The molecule has 1 rings (SSSR count). The maximum Gasteiger partial charge on any atom is 0.326 e. The number of amides is 2. The number of carboxylic acids is 1. The van der Waals surface area contributed by atoms with Crippen LogP contribution in [0.25, 0.3) is 0 Å². The largest absolute Gasteiger partial charge is 0.480 e. The molecule has 21 heavy (non-hydrogen) atoms. The molecule has 0 aromatic heterocycles. The van der Waals surface area contributed by atoms with Crippen molar-refractivity contribution in [1.82, 2.24) is 5.32 Å². The quantitative estimate of drug-likeness (QED) is 0.647. The summed E-state index contributed by atoms with van der Waals surface area (Å²) >= 11 is 1.32. The number of carbonyl (C=O) groups is 3. The van der Waals surface area contributed by atoms with Gasteiger partial charge in [-0.15, -0.1) is 11.8 Å². The zero-order valence-electron chi connectivity index (χ0n) is 11.9. The molecule has 0 radical (unpaired) electrons. The first kappa shape index (κ1) is 17.0. The van der Waals surface area contributed by atoms with Crippen molar-refractivity contribution >= 4 is 29.5 Å². The summed E-state index contributed by atoms with van der Waals surface area (Å²) in [5, 5.41) is 11.2. The van der Waals surface area contributed by atoms with E-state index < -0.39 is 30.2 Å². The Morgan fingerprint density at radius 3 is 2.57 bits per heavy atom. The highest BCUT2D eigenvalue weighted by atomic mass is 32.2. The van der Waals surface area contributed by atoms with Gasteiger partial charge in [0.15, 0.2) is 0 Å². The van der Waals surface area contributed by atoms with E-state index in [1.54, 1.807) is 0 Å². The lowest BCUT2D eigenvalue weighted by Crippen LogP contribution is -2.44. The third kappa shape index (κ3) is 5.86. The number of aliphatic carboxylic acids is 1. The van der Waals surface area contributed by atoms with E-state index in [-0.39, 0.29) is 5.75 Å². The number of hydrogen-bond acceptors (Lipinski definition) is 4. The minimum absolute atomic E-state index is 0.0762. The van der Waals surface area contributed by atoms with Crippen molar-refractivity contribution in [3.8, 4) is 0 Å². The second-order valence-corrected chi connectivity index (χ2v) is 5.70. The standard InChI is InChI=1S/C14H18N2O4S/c1-8-3-4-9(2)11(5-8)21-7-13(18)16-10(14(19)20)6-12(15)17/h3-5,10H,6-7H2,1-2H3,(H2,15,17)(H,16,18)(H,19,20)/t10-/m1/s1. The van der Waals surface area contributed by atoms with Crippen molar-refractivity contribution < 1.29 is 19.5 Å². The van der Waals surface area contributed by atoms with Gasteiger partial charge in [-0.1, -0.05) is 17.7 Å². The van der Waals surface area contributed by atoms with Gasteiger partial charge >= 0.3 is 5.97 Å². The number of hydrogen-bond donors (Lipinski definition) is 3. The minimum atomic E-state index is -1.28. The number of carboxylic acid groups (broad SMARTS) is 1. The van der Waals surface area contributed by atoms with Gasteiger partial charge in [-0.25, -0.2) is 4.79 Å². The van der Waals surface area contributed by atoms with E-state index in [1.165, 1.54) is 11.8 Å². The summed E-state index contributed by atoms with van der Waals surface area (Å²) in [7, 11) is 0. The van der Waals surface area contributed by atoms with Crippen LogP contribution < -0.4 is 11.1 Å². The number of nitrogens with two attached hydrogens (primary N) is 1. The van der Waals surface area contributed by atoms with Crippen molar-refractivity contribution in [2.45, 2.75) is 31.2 Å². The van der Waals surface area contributed by atoms with Gasteiger partial charge in [0, 0.05) is 4.90 Å². The molecule has 4 N–H and O–H groups in total. The van der Waals surface area contributed by atoms with Crippen LogP contribution in [0.1, 0.15) is 17.5 Å². The fourth-order valence-corrected chi connectivity index (χ4v) is 2.58. The van der Waals surface area contributed by atoms with Gasteiger partial charge in [-0.2, -0.15) is 0 Å². The van der Waals surface area contributed by atoms with Crippen LogP contribution in [0.5, 0.6) is 0 Å². The predicted octanol–water partition coefficient (Wildman–Crippen LogP) is 0.840. The van der Waals surface area contributed by atoms with Crippen molar-refractivity contribution in [1.29, 1.82) is 0 Å². The first-order valence-corrected chi connectivity index (χ1v) is 7.28. The first-order chi connectivity index (χ1) is 9.79. The normalized spacial score (nSPS) is 11.7. The summed E-state index contributed by atoms with van der Waals surface area (Å²) in [4.78, 5) is 34.4. The molecule has 0 bridgehead atoms. The van der Waals surface area contributed by atoms with Crippen molar-refractivity contribution in [3.63, 3.8) is 0 Å². The third-order valence-electron chi connectivity index (χ3n) is 2.74. The number of carbonyl (C=O) groups excluding carboxylic acids is 2. The predicted molar refractivity (Wildman–Crippen MR) is 80.0 cm³/mol. The maximum absolute atomic E-state index is 11.8. The monoisotopic (exact) mass is 310 g/mol. The van der Waals surface area contributed by atoms with Gasteiger partial charge < -0.3 is 16.2 Å². The number of nitrogens with one attached hydrogen (secondary N) is 1. The van der Waals surface area contributed by atoms with Crippen LogP contribution >= 0.6 is 11.8 Å². The van der Waals surface area contributed by atoms with Crippen LogP contribution in [0.15, 0.2) is 23.1 Å². The lowest BCUT2D eigenvalue weighted by molar-refractivity contribution is -0.143. The Kier molecular flexibility index (Phi) is 6.23. The smallest absolute Gasteiger partial charge is 0.326 e. The van der Waals surface area contributed by atoms with Gasteiger partial charge in [0.05, 0.1) is 12.2 Å². The van der Waals surface area contributed by atoms with E-state index in [1.807, 2.05) is 32.0 Å². The molecule has 1 aromatic rings.